The summed E-state index contributed by atoms with van der Waals surface area (Å²) >= 11 is 21.6. The summed E-state index contributed by atoms with van der Waals surface area (Å²) in [5, 5.41) is 0.488. The second-order valence-corrected chi connectivity index (χ2v) is 14.4. The summed E-state index contributed by atoms with van der Waals surface area (Å²) in [6.07, 6.45) is 3.38. The number of hydrogen-bond acceptors (Lipinski definition) is 4. The molecule has 0 saturated carbocycles. The molecule has 0 N–H and O–H groups in total. The Balaban J connectivity index is 0.000000442. The first-order chi connectivity index (χ1) is 13.3. The molecule has 0 radical (unpaired) electrons. The maximum atomic E-state index is 7.20. The van der Waals surface area contributed by atoms with Gasteiger partial charge < -0.3 is 0 Å². The van der Waals surface area contributed by atoms with Gasteiger partial charge in [-0.3, -0.25) is 0 Å². The van der Waals surface area contributed by atoms with Crippen LogP contribution in [0.3, 0.4) is 0 Å². The van der Waals surface area contributed by atoms with E-state index >= 15 is 0 Å². The fourth-order valence-corrected chi connectivity index (χ4v) is 8.25. The molecule has 28 heavy (non-hydrogen) atoms. The Labute approximate surface area is 180 Å². The van der Waals surface area contributed by atoms with Crippen LogP contribution in [0, 0.1) is 0 Å². The van der Waals surface area contributed by atoms with E-state index in [1.165, 1.54) is 9.46 Å². The van der Waals surface area contributed by atoms with E-state index in [1.807, 2.05) is 30.3 Å². The minimum atomic E-state index is -5.62. The first kappa shape index (κ1) is 19.4. The summed E-state index contributed by atoms with van der Waals surface area (Å²) in [6.45, 7) is -5.62. The normalized spacial score (nSPS) is 20.9. The summed E-state index contributed by atoms with van der Waals surface area (Å²) in [7, 11) is 0. The quantitative estimate of drug-likeness (QED) is 0.233. The van der Waals surface area contributed by atoms with Crippen molar-refractivity contribution in [2.24, 2.45) is 0 Å². The molecule has 4 heterocycles. The van der Waals surface area contributed by atoms with Gasteiger partial charge in [0.1, 0.15) is 0 Å². The summed E-state index contributed by atoms with van der Waals surface area (Å²) in [5.41, 5.74) is 0. The first-order valence-electron chi connectivity index (χ1n) is 8.14. The number of benzene rings is 1. The molecule has 0 saturated heterocycles. The Morgan fingerprint density at radius 2 is 1.11 bits per heavy atom. The molecule has 6 nitrogen and oxygen atoms in total. The maximum absolute atomic E-state index is 7.20. The molecule has 0 atom stereocenters. The number of nitrogens with zero attached hydrogens (tertiary/aromatic N) is 2. The van der Waals surface area contributed by atoms with Crippen LogP contribution in [-0.2, 0) is 0 Å². The summed E-state index contributed by atoms with van der Waals surface area (Å²) < 4.78 is 26.8. The topological polar surface area (TPSA) is 44.7 Å². The molecular formula is C17H14Cl4N2O4Si. The molecular weight excluding hydrogens is 466 g/mol. The summed E-state index contributed by atoms with van der Waals surface area (Å²) in [4.78, 5) is 0. The Morgan fingerprint density at radius 1 is 0.679 bits per heavy atom. The minimum absolute atomic E-state index is 0.397. The van der Waals surface area contributed by atoms with Crippen LogP contribution in [0.5, 0.6) is 11.8 Å². The number of hydrogen-bond donors (Lipinski definition) is 0. The molecule has 0 aliphatic carbocycles. The van der Waals surface area contributed by atoms with Crippen LogP contribution in [0.15, 0.2) is 79.1 Å². The van der Waals surface area contributed by atoms with Crippen molar-refractivity contribution in [3.05, 3.63) is 79.1 Å². The fourth-order valence-electron chi connectivity index (χ4n) is 3.10. The molecule has 0 fully saturated rings. The van der Waals surface area contributed by atoms with Gasteiger partial charge in [-0.15, -0.1) is 0 Å². The van der Waals surface area contributed by atoms with E-state index < -0.39 is 11.2 Å². The average molecular weight is 480 g/mol. The van der Waals surface area contributed by atoms with Gasteiger partial charge in [-0.2, -0.15) is 0 Å². The van der Waals surface area contributed by atoms with Crippen molar-refractivity contribution in [3.63, 3.8) is 0 Å². The zero-order valence-corrected chi connectivity index (χ0v) is 18.1. The molecule has 2 aromatic heterocycles. The van der Waals surface area contributed by atoms with E-state index in [1.54, 1.807) is 48.8 Å². The third-order valence-electron chi connectivity index (χ3n) is 4.15. The Kier molecular flexibility index (Phi) is 4.37. The van der Waals surface area contributed by atoms with Gasteiger partial charge in [0, 0.05) is 0 Å². The predicted molar refractivity (Wildman–Crippen MR) is 107 cm³/mol. The molecule has 3 aromatic rings. The zero-order valence-electron chi connectivity index (χ0n) is 14.1. The molecule has 0 amide bonds. The van der Waals surface area contributed by atoms with Crippen LogP contribution in [0.2, 0.25) is 0 Å². The van der Waals surface area contributed by atoms with Gasteiger partial charge in [0.05, 0.1) is 0 Å². The van der Waals surface area contributed by atoms with Gasteiger partial charge in [0.15, 0.2) is 4.30 Å². The number of aromatic nitrogens is 2. The molecule has 1 aromatic carbocycles. The molecule has 11 heteroatoms. The number of alkyl halides is 3. The van der Waals surface area contributed by atoms with E-state index in [-0.39, 0.29) is 0 Å². The number of rotatable bonds is 1. The monoisotopic (exact) mass is 478 g/mol. The van der Waals surface area contributed by atoms with Gasteiger partial charge in [0.2, 0.25) is 0 Å². The van der Waals surface area contributed by atoms with Crippen LogP contribution >= 0.6 is 45.9 Å². The van der Waals surface area contributed by atoms with Crippen molar-refractivity contribution in [3.8, 4) is 11.8 Å². The van der Waals surface area contributed by atoms with Crippen molar-refractivity contribution in [1.29, 1.82) is 0 Å². The summed E-state index contributed by atoms with van der Waals surface area (Å²) in [6, 6.07) is 19.8. The molecule has 5 rings (SSSR count). The van der Waals surface area contributed by atoms with Gasteiger partial charge in [-0.05, 0) is 0 Å². The van der Waals surface area contributed by atoms with E-state index in [4.69, 9.17) is 63.8 Å². The SMILES string of the molecule is ClC(Cl)Cl.Cl[Si-2]12(c3ccccc3)(Oc3cccc[n+]3O1)Oc1cccc[n+]1O2. The fraction of sp³-hybridized carbons (Fsp3) is 0.0588. The molecule has 148 valence electrons. The summed E-state index contributed by atoms with van der Waals surface area (Å²) in [5.74, 6) is 0.795. The van der Waals surface area contributed by atoms with Crippen LogP contribution < -0.4 is 32.6 Å². The molecule has 1 spiro atoms. The van der Waals surface area contributed by atoms with Gasteiger partial charge >= 0.3 is 141 Å². The van der Waals surface area contributed by atoms with E-state index in [9.17, 15) is 0 Å². The third kappa shape index (κ3) is 2.94. The van der Waals surface area contributed by atoms with Crippen molar-refractivity contribution < 1.29 is 27.4 Å². The number of fused-ring (bicyclic) bond motifs is 2. The first-order valence-corrected chi connectivity index (χ1v) is 13.1. The van der Waals surface area contributed by atoms with Crippen molar-refractivity contribution in [2.45, 2.75) is 4.30 Å². The van der Waals surface area contributed by atoms with Gasteiger partial charge in [0.25, 0.3) is 0 Å². The van der Waals surface area contributed by atoms with Crippen LogP contribution in [0.1, 0.15) is 0 Å². The predicted octanol–water partition coefficient (Wildman–Crippen LogP) is 2.58. The third-order valence-corrected chi connectivity index (χ3v) is 9.61. The molecule has 0 unspecified atom stereocenters. The standard InChI is InChI=1S/C16H13ClN2O4Si.CHCl3/c17-24(14-8-2-1-3-9-14,20-15-10-4-6-12-18(15)22-24)21-16-11-5-7-13-19(16)23-24;2-1(3)4/h1-13H;1H. The van der Waals surface area contributed by atoms with Crippen LogP contribution in [0.4, 0.5) is 0 Å². The van der Waals surface area contributed by atoms with E-state index in [0.717, 1.165) is 0 Å². The average Bonchev–Trinajstić information content (AvgIpc) is 3.11. The van der Waals surface area contributed by atoms with E-state index in [2.05, 4.69) is 0 Å². The zero-order chi connectivity index (χ0) is 19.9. The Bertz CT molecular complexity index is 934. The van der Waals surface area contributed by atoms with Crippen molar-refractivity contribution in [1.82, 2.24) is 0 Å². The van der Waals surface area contributed by atoms with Crippen molar-refractivity contribution >= 4 is 58.0 Å². The van der Waals surface area contributed by atoms with Gasteiger partial charge in [-0.25, -0.2) is 0 Å². The van der Waals surface area contributed by atoms with Gasteiger partial charge in [-0.1, -0.05) is 34.8 Å². The number of halogens is 4. The molecule has 2 aliphatic rings. The van der Waals surface area contributed by atoms with Crippen LogP contribution in [0.25, 0.3) is 0 Å². The number of pyridine rings is 2. The van der Waals surface area contributed by atoms with Crippen molar-refractivity contribution in [2.75, 3.05) is 0 Å². The molecule has 0 bridgehead atoms. The molecule has 2 aliphatic heterocycles. The second kappa shape index (κ2) is 6.30. The Morgan fingerprint density at radius 3 is 1.54 bits per heavy atom. The second-order valence-electron chi connectivity index (χ2n) is 6.04. The Hall–Kier alpha value is -1.90. The van der Waals surface area contributed by atoms with Crippen LogP contribution in [-0.4, -0.2) is 11.2 Å². The van der Waals surface area contributed by atoms with E-state index in [0.29, 0.717) is 16.9 Å².